The molecule has 2 unspecified atom stereocenters. The zero-order valence-corrected chi connectivity index (χ0v) is 21.9. The first-order valence-electron chi connectivity index (χ1n) is 11.9. The average molecular weight is 544 g/mol. The van der Waals surface area contributed by atoms with Gasteiger partial charge in [-0.3, -0.25) is 9.89 Å². The third-order valence-corrected chi connectivity index (χ3v) is 6.29. The summed E-state index contributed by atoms with van der Waals surface area (Å²) in [5.41, 5.74) is 1.29. The summed E-state index contributed by atoms with van der Waals surface area (Å²) in [7, 11) is 1.74. The Balaban J connectivity index is 0.00000341. The Bertz CT molecular complexity index is 665. The van der Waals surface area contributed by atoms with Gasteiger partial charge in [-0.05, 0) is 82.4 Å². The molecular formula is C24H42IN5O. The van der Waals surface area contributed by atoms with Crippen LogP contribution < -0.4 is 15.4 Å². The summed E-state index contributed by atoms with van der Waals surface area (Å²) in [6.45, 7) is 13.0. The van der Waals surface area contributed by atoms with Gasteiger partial charge in [0.15, 0.2) is 5.96 Å². The molecule has 0 spiro atoms. The van der Waals surface area contributed by atoms with E-state index in [0.717, 1.165) is 44.4 Å². The highest BCUT2D eigenvalue weighted by molar-refractivity contribution is 14.0. The van der Waals surface area contributed by atoms with Crippen LogP contribution in [0.4, 0.5) is 0 Å². The van der Waals surface area contributed by atoms with E-state index in [-0.39, 0.29) is 24.0 Å². The van der Waals surface area contributed by atoms with Gasteiger partial charge in [-0.15, -0.1) is 24.0 Å². The number of ether oxygens (including phenoxy) is 1. The number of likely N-dealkylation sites (tertiary alicyclic amines) is 2. The quantitative estimate of drug-likeness (QED) is 0.268. The molecule has 0 aromatic heterocycles. The summed E-state index contributed by atoms with van der Waals surface area (Å²) in [5.74, 6) is 2.58. The van der Waals surface area contributed by atoms with E-state index in [2.05, 4.69) is 52.5 Å². The van der Waals surface area contributed by atoms with Crippen LogP contribution in [0.3, 0.4) is 0 Å². The van der Waals surface area contributed by atoms with Gasteiger partial charge < -0.3 is 20.3 Å². The van der Waals surface area contributed by atoms with Crippen LogP contribution in [0, 0.1) is 5.92 Å². The highest BCUT2D eigenvalue weighted by atomic mass is 127. The molecule has 7 heteroatoms. The Morgan fingerprint density at radius 2 is 2.00 bits per heavy atom. The van der Waals surface area contributed by atoms with E-state index in [0.29, 0.717) is 12.0 Å². The number of nitrogens with one attached hydrogen (secondary N) is 2. The van der Waals surface area contributed by atoms with Gasteiger partial charge in [0.25, 0.3) is 0 Å². The molecule has 0 aliphatic carbocycles. The third-order valence-electron chi connectivity index (χ3n) is 6.29. The molecule has 31 heavy (non-hydrogen) atoms. The van der Waals surface area contributed by atoms with Crippen molar-refractivity contribution in [2.24, 2.45) is 10.9 Å². The van der Waals surface area contributed by atoms with E-state index in [1.807, 2.05) is 6.07 Å². The van der Waals surface area contributed by atoms with Crippen LogP contribution in [0.15, 0.2) is 29.3 Å². The first kappa shape index (κ1) is 26.2. The molecule has 0 bridgehead atoms. The Labute approximate surface area is 206 Å². The Hall–Kier alpha value is -1.06. The number of hydrogen-bond acceptors (Lipinski definition) is 4. The maximum Gasteiger partial charge on any atom is 0.191 e. The number of nitrogens with zero attached hydrogens (tertiary/aromatic N) is 3. The smallest absolute Gasteiger partial charge is 0.191 e. The third kappa shape index (κ3) is 8.09. The van der Waals surface area contributed by atoms with E-state index in [4.69, 9.17) is 9.73 Å². The second kappa shape index (κ2) is 14.2. The maximum atomic E-state index is 5.47. The van der Waals surface area contributed by atoms with E-state index >= 15 is 0 Å². The van der Waals surface area contributed by atoms with Crippen molar-refractivity contribution >= 4 is 29.9 Å². The molecule has 2 N–H and O–H groups in total. The van der Waals surface area contributed by atoms with E-state index in [9.17, 15) is 0 Å². The van der Waals surface area contributed by atoms with Crippen LogP contribution in [-0.2, 0) is 0 Å². The molecule has 0 amide bonds. The molecule has 0 radical (unpaired) electrons. The first-order chi connectivity index (χ1) is 14.7. The summed E-state index contributed by atoms with van der Waals surface area (Å²) >= 11 is 0. The van der Waals surface area contributed by atoms with Gasteiger partial charge in [0.05, 0.1) is 19.7 Å². The highest BCUT2D eigenvalue weighted by Gasteiger charge is 2.24. The summed E-state index contributed by atoms with van der Waals surface area (Å²) < 4.78 is 5.47. The van der Waals surface area contributed by atoms with Crippen LogP contribution in [-0.4, -0.2) is 75.2 Å². The van der Waals surface area contributed by atoms with Gasteiger partial charge in [0.1, 0.15) is 5.75 Å². The molecule has 2 aliphatic heterocycles. The van der Waals surface area contributed by atoms with Crippen molar-refractivity contribution in [2.45, 2.75) is 45.6 Å². The van der Waals surface area contributed by atoms with Crippen molar-refractivity contribution < 1.29 is 4.74 Å². The van der Waals surface area contributed by atoms with Crippen molar-refractivity contribution in [3.05, 3.63) is 29.8 Å². The van der Waals surface area contributed by atoms with Gasteiger partial charge in [-0.2, -0.15) is 0 Å². The van der Waals surface area contributed by atoms with Crippen molar-refractivity contribution in [2.75, 3.05) is 59.5 Å². The number of guanidine groups is 1. The van der Waals surface area contributed by atoms with E-state index in [1.165, 1.54) is 50.9 Å². The van der Waals surface area contributed by atoms with Gasteiger partial charge >= 0.3 is 0 Å². The number of benzene rings is 1. The number of halogens is 1. The lowest BCUT2D eigenvalue weighted by Gasteiger charge is -2.27. The van der Waals surface area contributed by atoms with Crippen LogP contribution in [0.2, 0.25) is 0 Å². The fourth-order valence-corrected chi connectivity index (χ4v) is 4.69. The molecule has 3 rings (SSSR count). The monoisotopic (exact) mass is 543 g/mol. The number of aliphatic imine (C=N–C) groups is 1. The summed E-state index contributed by atoms with van der Waals surface area (Å²) in [4.78, 5) is 10.2. The lowest BCUT2D eigenvalue weighted by molar-refractivity contribution is 0.251. The predicted molar refractivity (Wildman–Crippen MR) is 141 cm³/mol. The number of rotatable bonds is 10. The van der Waals surface area contributed by atoms with Gasteiger partial charge in [-0.1, -0.05) is 19.1 Å². The standard InChI is InChI=1S/C24H41N5O.HI/c1-4-12-28-15-11-20(19-28)17-26-24(25-5-2)27-18-23(29-13-6-7-14-29)21-9-8-10-22(16-21)30-3;/h8-10,16,20,23H,4-7,11-15,17-19H2,1-3H3,(H2,25,26,27);1H. The van der Waals surface area contributed by atoms with Crippen LogP contribution in [0.25, 0.3) is 0 Å². The molecule has 2 atom stereocenters. The lowest BCUT2D eigenvalue weighted by Crippen LogP contribution is -2.41. The zero-order chi connectivity index (χ0) is 21.2. The Morgan fingerprint density at radius 3 is 2.71 bits per heavy atom. The molecule has 2 saturated heterocycles. The fraction of sp³-hybridized carbons (Fsp3) is 0.708. The van der Waals surface area contributed by atoms with Crippen molar-refractivity contribution in [3.63, 3.8) is 0 Å². The molecule has 2 fully saturated rings. The lowest BCUT2D eigenvalue weighted by atomic mass is 10.1. The number of hydrogen-bond donors (Lipinski definition) is 2. The average Bonchev–Trinajstić information content (AvgIpc) is 3.45. The summed E-state index contributed by atoms with van der Waals surface area (Å²) in [5, 5.41) is 7.06. The predicted octanol–water partition coefficient (Wildman–Crippen LogP) is 3.74. The van der Waals surface area contributed by atoms with Gasteiger partial charge in [-0.25, -0.2) is 0 Å². The molecule has 1 aromatic carbocycles. The van der Waals surface area contributed by atoms with Crippen molar-refractivity contribution in [1.82, 2.24) is 20.4 Å². The van der Waals surface area contributed by atoms with Crippen LogP contribution >= 0.6 is 24.0 Å². The van der Waals surface area contributed by atoms with E-state index < -0.39 is 0 Å². The van der Waals surface area contributed by atoms with Crippen molar-refractivity contribution in [1.29, 1.82) is 0 Å². The minimum Gasteiger partial charge on any atom is -0.497 e. The zero-order valence-electron chi connectivity index (χ0n) is 19.6. The molecule has 1 aromatic rings. The Kier molecular flexibility index (Phi) is 12.0. The molecule has 2 aliphatic rings. The largest absolute Gasteiger partial charge is 0.497 e. The molecule has 0 saturated carbocycles. The maximum absolute atomic E-state index is 5.47. The second-order valence-electron chi connectivity index (χ2n) is 8.59. The van der Waals surface area contributed by atoms with Crippen molar-refractivity contribution in [3.8, 4) is 5.75 Å². The second-order valence-corrected chi connectivity index (χ2v) is 8.59. The van der Waals surface area contributed by atoms with Gasteiger partial charge in [0, 0.05) is 19.6 Å². The van der Waals surface area contributed by atoms with E-state index in [1.54, 1.807) is 7.11 Å². The molecule has 6 nitrogen and oxygen atoms in total. The normalized spacial score (nSPS) is 21.0. The van der Waals surface area contributed by atoms with Gasteiger partial charge in [0.2, 0.25) is 0 Å². The summed E-state index contributed by atoms with van der Waals surface area (Å²) in [6, 6.07) is 8.78. The first-order valence-corrected chi connectivity index (χ1v) is 11.9. The van der Waals surface area contributed by atoms with Crippen LogP contribution in [0.5, 0.6) is 5.75 Å². The molecule has 176 valence electrons. The Morgan fingerprint density at radius 1 is 1.19 bits per heavy atom. The topological polar surface area (TPSA) is 52.1 Å². The fourth-order valence-electron chi connectivity index (χ4n) is 4.69. The number of methoxy groups -OCH3 is 1. The minimum atomic E-state index is 0. The summed E-state index contributed by atoms with van der Waals surface area (Å²) in [6.07, 6.45) is 5.08. The molecule has 2 heterocycles. The SMILES string of the molecule is CCCN1CCC(CNC(=NCC(c2cccc(OC)c2)N2CCCC2)NCC)C1.I. The highest BCUT2D eigenvalue weighted by Crippen LogP contribution is 2.28. The molecular weight excluding hydrogens is 501 g/mol. The minimum absolute atomic E-state index is 0. The van der Waals surface area contributed by atoms with Crippen LogP contribution in [0.1, 0.15) is 51.1 Å².